The molecule has 4 nitrogen and oxygen atoms in total. The molecule has 3 rings (SSSR count). The van der Waals surface area contributed by atoms with Crippen molar-refractivity contribution >= 4 is 29.4 Å². The average Bonchev–Trinajstić information content (AvgIpc) is 3.09. The summed E-state index contributed by atoms with van der Waals surface area (Å²) in [5, 5.41) is 12.2. The second kappa shape index (κ2) is 6.23. The van der Waals surface area contributed by atoms with Crippen LogP contribution >= 0.6 is 23.7 Å². The lowest BCUT2D eigenvalue weighted by Gasteiger charge is -2.19. The van der Waals surface area contributed by atoms with Crippen LogP contribution < -0.4 is 10.6 Å². The topological polar surface area (TPSA) is 65.9 Å². The molecule has 20 heavy (non-hydrogen) atoms. The minimum absolute atomic E-state index is 0. The molecule has 2 aromatic rings. The molecule has 0 saturated carbocycles. The monoisotopic (exact) mass is 306 g/mol. The molecule has 6 heteroatoms. The Balaban J connectivity index is 0.00000147. The number of benzene rings is 1. The number of nitrogens with two attached hydrogens (primary N) is 1. The van der Waals surface area contributed by atoms with Gasteiger partial charge in [0.1, 0.15) is 11.1 Å². The fourth-order valence-corrected chi connectivity index (χ4v) is 3.04. The third kappa shape index (κ3) is 2.78. The second-order valence-corrected chi connectivity index (χ2v) is 5.57. The molecule has 1 aliphatic heterocycles. The zero-order valence-corrected chi connectivity index (χ0v) is 12.5. The molecule has 1 atom stereocenters. The highest BCUT2D eigenvalue weighted by atomic mass is 35.5. The molecule has 1 fully saturated rings. The van der Waals surface area contributed by atoms with Gasteiger partial charge in [-0.1, -0.05) is 0 Å². The van der Waals surface area contributed by atoms with Crippen LogP contribution in [-0.2, 0) is 0 Å². The van der Waals surface area contributed by atoms with E-state index in [1.54, 1.807) is 17.5 Å². The highest BCUT2D eigenvalue weighted by Crippen LogP contribution is 2.29. The molecule has 1 saturated heterocycles. The van der Waals surface area contributed by atoms with Gasteiger partial charge in [0, 0.05) is 36.3 Å². The van der Waals surface area contributed by atoms with Gasteiger partial charge in [0.05, 0.1) is 11.3 Å². The van der Waals surface area contributed by atoms with Gasteiger partial charge < -0.3 is 10.6 Å². The van der Waals surface area contributed by atoms with Crippen LogP contribution in [0.5, 0.6) is 0 Å². The lowest BCUT2D eigenvalue weighted by atomic mass is 10.1. The van der Waals surface area contributed by atoms with Crippen molar-refractivity contribution < 1.29 is 0 Å². The van der Waals surface area contributed by atoms with Crippen LogP contribution in [0.4, 0.5) is 5.69 Å². The summed E-state index contributed by atoms with van der Waals surface area (Å²) in [6, 6.07) is 8.45. The van der Waals surface area contributed by atoms with Crippen molar-refractivity contribution in [2.75, 3.05) is 18.0 Å². The molecule has 0 amide bonds. The number of hydrogen-bond donors (Lipinski definition) is 1. The SMILES string of the molecule is Cl.N#Cc1cc(-c2nccs2)ccc1N1CC[C@H](N)C1. The van der Waals surface area contributed by atoms with E-state index in [4.69, 9.17) is 5.73 Å². The van der Waals surface area contributed by atoms with Crippen molar-refractivity contribution in [1.29, 1.82) is 5.26 Å². The summed E-state index contributed by atoms with van der Waals surface area (Å²) in [5.74, 6) is 0. The summed E-state index contributed by atoms with van der Waals surface area (Å²) in [7, 11) is 0. The maximum absolute atomic E-state index is 9.34. The Morgan fingerprint density at radius 3 is 2.90 bits per heavy atom. The molecule has 0 spiro atoms. The van der Waals surface area contributed by atoms with E-state index < -0.39 is 0 Å². The normalized spacial score (nSPS) is 17.6. The van der Waals surface area contributed by atoms with E-state index in [0.717, 1.165) is 35.8 Å². The van der Waals surface area contributed by atoms with Crippen molar-refractivity contribution in [2.24, 2.45) is 5.73 Å². The Bertz CT molecular complexity index is 621. The molecule has 0 unspecified atom stereocenters. The van der Waals surface area contributed by atoms with Gasteiger partial charge in [-0.2, -0.15) is 5.26 Å². The molecule has 1 aromatic heterocycles. The molecule has 0 aliphatic carbocycles. The van der Waals surface area contributed by atoms with Gasteiger partial charge in [-0.05, 0) is 24.6 Å². The van der Waals surface area contributed by atoms with Crippen molar-refractivity contribution in [2.45, 2.75) is 12.5 Å². The Kier molecular flexibility index (Phi) is 4.61. The first-order valence-corrected chi connectivity index (χ1v) is 7.10. The van der Waals surface area contributed by atoms with Crippen molar-refractivity contribution in [1.82, 2.24) is 4.98 Å². The lowest BCUT2D eigenvalue weighted by molar-refractivity contribution is 0.752. The first-order chi connectivity index (χ1) is 9.28. The Labute approximate surface area is 128 Å². The maximum atomic E-state index is 9.34. The first-order valence-electron chi connectivity index (χ1n) is 6.22. The summed E-state index contributed by atoms with van der Waals surface area (Å²) >= 11 is 1.58. The van der Waals surface area contributed by atoms with Crippen molar-refractivity contribution in [3.05, 3.63) is 35.3 Å². The third-order valence-corrected chi connectivity index (χ3v) is 4.18. The Morgan fingerprint density at radius 2 is 2.30 bits per heavy atom. The fourth-order valence-electron chi connectivity index (χ4n) is 2.41. The van der Waals surface area contributed by atoms with Crippen LogP contribution in [0.3, 0.4) is 0 Å². The highest BCUT2D eigenvalue weighted by Gasteiger charge is 2.21. The molecule has 2 heterocycles. The third-order valence-electron chi connectivity index (χ3n) is 3.36. The standard InChI is InChI=1S/C14H14N4S.ClH/c15-8-11-7-10(14-17-4-6-19-14)1-2-13(11)18-5-3-12(16)9-18;/h1-2,4,6-7,12H,3,5,9,16H2;1H/t12-;/m0./s1. The molecule has 1 aromatic carbocycles. The van der Waals surface area contributed by atoms with Gasteiger partial charge >= 0.3 is 0 Å². The van der Waals surface area contributed by atoms with Crippen LogP contribution in [0.2, 0.25) is 0 Å². The van der Waals surface area contributed by atoms with Crippen LogP contribution in [-0.4, -0.2) is 24.1 Å². The predicted molar refractivity (Wildman–Crippen MR) is 84.3 cm³/mol. The number of hydrogen-bond acceptors (Lipinski definition) is 5. The van der Waals surface area contributed by atoms with Gasteiger partial charge in [-0.25, -0.2) is 4.98 Å². The molecular weight excluding hydrogens is 292 g/mol. The summed E-state index contributed by atoms with van der Waals surface area (Å²) in [5.41, 5.74) is 8.61. The van der Waals surface area contributed by atoms with E-state index >= 15 is 0 Å². The maximum Gasteiger partial charge on any atom is 0.123 e. The number of nitriles is 1. The Morgan fingerprint density at radius 1 is 1.45 bits per heavy atom. The number of thiazole rings is 1. The van der Waals surface area contributed by atoms with E-state index in [9.17, 15) is 5.26 Å². The number of anilines is 1. The number of aromatic nitrogens is 1. The van der Waals surface area contributed by atoms with E-state index in [2.05, 4.69) is 16.0 Å². The van der Waals surface area contributed by atoms with Crippen molar-refractivity contribution in [3.8, 4) is 16.6 Å². The average molecular weight is 307 g/mol. The molecule has 2 N–H and O–H groups in total. The quantitative estimate of drug-likeness (QED) is 0.926. The zero-order chi connectivity index (χ0) is 13.2. The smallest absolute Gasteiger partial charge is 0.123 e. The largest absolute Gasteiger partial charge is 0.369 e. The Hall–Kier alpha value is -1.61. The van der Waals surface area contributed by atoms with Crippen LogP contribution in [0.15, 0.2) is 29.8 Å². The van der Waals surface area contributed by atoms with E-state index in [1.165, 1.54) is 0 Å². The minimum Gasteiger partial charge on any atom is -0.369 e. The lowest BCUT2D eigenvalue weighted by Crippen LogP contribution is -2.26. The predicted octanol–water partition coefficient (Wildman–Crippen LogP) is 2.64. The van der Waals surface area contributed by atoms with E-state index in [1.807, 2.05) is 23.6 Å². The number of nitrogens with zero attached hydrogens (tertiary/aromatic N) is 3. The molecule has 104 valence electrons. The summed E-state index contributed by atoms with van der Waals surface area (Å²) in [4.78, 5) is 6.47. The fraction of sp³-hybridized carbons (Fsp3) is 0.286. The molecular formula is C14H15ClN4S. The molecule has 0 bridgehead atoms. The number of rotatable bonds is 2. The van der Waals surface area contributed by atoms with Crippen LogP contribution in [0.1, 0.15) is 12.0 Å². The minimum atomic E-state index is 0. The van der Waals surface area contributed by atoms with Crippen LogP contribution in [0.25, 0.3) is 10.6 Å². The van der Waals surface area contributed by atoms with E-state index in [-0.39, 0.29) is 18.4 Å². The summed E-state index contributed by atoms with van der Waals surface area (Å²) in [6.45, 7) is 1.75. The van der Waals surface area contributed by atoms with Crippen LogP contribution in [0, 0.1) is 11.3 Å². The highest BCUT2D eigenvalue weighted by molar-refractivity contribution is 7.13. The zero-order valence-electron chi connectivity index (χ0n) is 10.8. The van der Waals surface area contributed by atoms with E-state index in [0.29, 0.717) is 5.56 Å². The van der Waals surface area contributed by atoms with Gasteiger partial charge in [-0.15, -0.1) is 23.7 Å². The molecule has 1 aliphatic rings. The first kappa shape index (κ1) is 14.8. The summed E-state index contributed by atoms with van der Waals surface area (Å²) < 4.78 is 0. The second-order valence-electron chi connectivity index (χ2n) is 4.68. The van der Waals surface area contributed by atoms with Gasteiger partial charge in [0.15, 0.2) is 0 Å². The molecule has 0 radical (unpaired) electrons. The van der Waals surface area contributed by atoms with Crippen molar-refractivity contribution in [3.63, 3.8) is 0 Å². The van der Waals surface area contributed by atoms with Gasteiger partial charge in [0.25, 0.3) is 0 Å². The summed E-state index contributed by atoms with van der Waals surface area (Å²) in [6.07, 6.45) is 2.76. The van der Waals surface area contributed by atoms with Gasteiger partial charge in [0.2, 0.25) is 0 Å². The van der Waals surface area contributed by atoms with Gasteiger partial charge in [-0.3, -0.25) is 0 Å². The number of halogens is 1.